The van der Waals surface area contributed by atoms with Crippen LogP contribution >= 0.6 is 0 Å². The fraction of sp³-hybridized carbons (Fsp3) is 0.750. The van der Waals surface area contributed by atoms with Crippen LogP contribution < -0.4 is 11.1 Å². The van der Waals surface area contributed by atoms with Gasteiger partial charge in [0.15, 0.2) is 5.82 Å². The molecule has 0 bridgehead atoms. The fourth-order valence-corrected chi connectivity index (χ4v) is 1.02. The van der Waals surface area contributed by atoms with E-state index >= 15 is 0 Å². The molecule has 0 radical (unpaired) electrons. The standard InChI is InChI=1S/C8H16N6O/c1-6(4-9)2-3-8(15)10-5-7-11-13-14-12-7/h6H,2-5,9H2,1H3,(H,10,15)(H,11,12,13,14). The molecular formula is C8H16N6O. The Hall–Kier alpha value is -1.50. The third-order valence-corrected chi connectivity index (χ3v) is 2.10. The average Bonchev–Trinajstić information content (AvgIpc) is 2.75. The summed E-state index contributed by atoms with van der Waals surface area (Å²) in [5, 5.41) is 15.8. The molecule has 4 N–H and O–H groups in total. The predicted molar refractivity (Wildman–Crippen MR) is 53.5 cm³/mol. The second-order valence-electron chi connectivity index (χ2n) is 3.48. The number of carbonyl (C=O) groups is 1. The molecule has 0 aliphatic rings. The second-order valence-corrected chi connectivity index (χ2v) is 3.48. The molecule has 0 aliphatic heterocycles. The van der Waals surface area contributed by atoms with Crippen LogP contribution in [0.5, 0.6) is 0 Å². The van der Waals surface area contributed by atoms with Gasteiger partial charge in [0, 0.05) is 6.42 Å². The van der Waals surface area contributed by atoms with Crippen molar-refractivity contribution in [1.82, 2.24) is 25.9 Å². The highest BCUT2D eigenvalue weighted by Gasteiger charge is 2.06. The number of carbonyl (C=O) groups excluding carboxylic acids is 1. The maximum Gasteiger partial charge on any atom is 0.220 e. The van der Waals surface area contributed by atoms with Crippen molar-refractivity contribution < 1.29 is 4.79 Å². The summed E-state index contributed by atoms with van der Waals surface area (Å²) >= 11 is 0. The molecule has 1 aromatic heterocycles. The van der Waals surface area contributed by atoms with Crippen LogP contribution in [0.25, 0.3) is 0 Å². The molecule has 7 nitrogen and oxygen atoms in total. The fourth-order valence-electron chi connectivity index (χ4n) is 1.02. The number of amides is 1. The minimum atomic E-state index is -0.0138. The van der Waals surface area contributed by atoms with Gasteiger partial charge in [-0.1, -0.05) is 12.1 Å². The lowest BCUT2D eigenvalue weighted by Gasteiger charge is -2.07. The van der Waals surface area contributed by atoms with Gasteiger partial charge in [-0.25, -0.2) is 0 Å². The van der Waals surface area contributed by atoms with Crippen molar-refractivity contribution in [3.8, 4) is 0 Å². The summed E-state index contributed by atoms with van der Waals surface area (Å²) in [5.74, 6) is 0.844. The van der Waals surface area contributed by atoms with E-state index < -0.39 is 0 Å². The van der Waals surface area contributed by atoms with Gasteiger partial charge in [-0.3, -0.25) is 4.79 Å². The molecule has 1 aromatic rings. The molecule has 0 spiro atoms. The van der Waals surface area contributed by atoms with Crippen molar-refractivity contribution in [1.29, 1.82) is 0 Å². The Labute approximate surface area is 87.8 Å². The van der Waals surface area contributed by atoms with Crippen LogP contribution in [0.2, 0.25) is 0 Å². The zero-order chi connectivity index (χ0) is 11.1. The smallest absolute Gasteiger partial charge is 0.220 e. The summed E-state index contributed by atoms with van der Waals surface area (Å²) in [4.78, 5) is 11.3. The van der Waals surface area contributed by atoms with Crippen LogP contribution in [-0.2, 0) is 11.3 Å². The minimum Gasteiger partial charge on any atom is -0.349 e. The van der Waals surface area contributed by atoms with Crippen LogP contribution in [0.15, 0.2) is 0 Å². The van der Waals surface area contributed by atoms with Gasteiger partial charge in [-0.2, -0.15) is 5.21 Å². The first-order valence-electron chi connectivity index (χ1n) is 4.91. The van der Waals surface area contributed by atoms with Crippen LogP contribution in [-0.4, -0.2) is 33.1 Å². The number of hydrogen-bond acceptors (Lipinski definition) is 5. The molecule has 1 atom stereocenters. The number of H-pyrrole nitrogens is 1. The van der Waals surface area contributed by atoms with E-state index in [9.17, 15) is 4.79 Å². The van der Waals surface area contributed by atoms with Crippen molar-refractivity contribution in [2.75, 3.05) is 6.54 Å². The third kappa shape index (κ3) is 4.50. The molecule has 15 heavy (non-hydrogen) atoms. The van der Waals surface area contributed by atoms with Crippen molar-refractivity contribution in [2.45, 2.75) is 26.3 Å². The van der Waals surface area contributed by atoms with E-state index in [1.165, 1.54) is 0 Å². The molecule has 1 amide bonds. The Balaban J connectivity index is 2.14. The van der Waals surface area contributed by atoms with Crippen LogP contribution in [0.3, 0.4) is 0 Å². The Morgan fingerprint density at radius 1 is 1.67 bits per heavy atom. The van der Waals surface area contributed by atoms with Gasteiger partial charge in [0.1, 0.15) is 0 Å². The first kappa shape index (κ1) is 11.6. The Morgan fingerprint density at radius 3 is 3.07 bits per heavy atom. The van der Waals surface area contributed by atoms with Crippen molar-refractivity contribution >= 4 is 5.91 Å². The van der Waals surface area contributed by atoms with Crippen LogP contribution in [0, 0.1) is 5.92 Å². The predicted octanol–water partition coefficient (Wildman–Crippen LogP) is -0.809. The van der Waals surface area contributed by atoms with Crippen molar-refractivity contribution in [2.24, 2.45) is 11.7 Å². The van der Waals surface area contributed by atoms with E-state index in [1.807, 2.05) is 6.92 Å². The number of nitrogens with one attached hydrogen (secondary N) is 2. The molecule has 0 saturated carbocycles. The molecule has 0 aliphatic carbocycles. The monoisotopic (exact) mass is 212 g/mol. The van der Waals surface area contributed by atoms with E-state index in [4.69, 9.17) is 5.73 Å². The summed E-state index contributed by atoms with van der Waals surface area (Å²) < 4.78 is 0. The third-order valence-electron chi connectivity index (χ3n) is 2.10. The minimum absolute atomic E-state index is 0.0138. The molecule has 1 heterocycles. The van der Waals surface area contributed by atoms with E-state index in [2.05, 4.69) is 25.9 Å². The summed E-state index contributed by atoms with van der Waals surface area (Å²) in [5.41, 5.74) is 5.45. The molecule has 0 fully saturated rings. The maximum atomic E-state index is 11.3. The van der Waals surface area contributed by atoms with Crippen molar-refractivity contribution in [3.05, 3.63) is 5.82 Å². The maximum absolute atomic E-state index is 11.3. The van der Waals surface area contributed by atoms with Gasteiger partial charge < -0.3 is 11.1 Å². The van der Waals surface area contributed by atoms with E-state index in [0.29, 0.717) is 31.3 Å². The highest BCUT2D eigenvalue weighted by atomic mass is 16.1. The van der Waals surface area contributed by atoms with E-state index in [1.54, 1.807) is 0 Å². The van der Waals surface area contributed by atoms with Crippen LogP contribution in [0.4, 0.5) is 0 Å². The number of tetrazole rings is 1. The van der Waals surface area contributed by atoms with Gasteiger partial charge in [-0.15, -0.1) is 10.2 Å². The van der Waals surface area contributed by atoms with E-state index in [0.717, 1.165) is 6.42 Å². The van der Waals surface area contributed by atoms with Gasteiger partial charge in [0.25, 0.3) is 0 Å². The molecular weight excluding hydrogens is 196 g/mol. The molecule has 0 aromatic carbocycles. The quantitative estimate of drug-likeness (QED) is 0.571. The van der Waals surface area contributed by atoms with Crippen molar-refractivity contribution in [3.63, 3.8) is 0 Å². The number of aromatic amines is 1. The second kappa shape index (κ2) is 6.07. The first-order chi connectivity index (χ1) is 7.22. The number of rotatable bonds is 6. The summed E-state index contributed by atoms with van der Waals surface area (Å²) in [6.45, 7) is 2.94. The normalized spacial score (nSPS) is 12.4. The SMILES string of the molecule is CC(CN)CCC(=O)NCc1nn[nH]n1. The van der Waals surface area contributed by atoms with Gasteiger partial charge in [0.2, 0.25) is 5.91 Å². The topological polar surface area (TPSA) is 110 Å². The van der Waals surface area contributed by atoms with Gasteiger partial charge in [0.05, 0.1) is 6.54 Å². The first-order valence-corrected chi connectivity index (χ1v) is 4.91. The highest BCUT2D eigenvalue weighted by molar-refractivity contribution is 5.75. The zero-order valence-electron chi connectivity index (χ0n) is 8.73. The van der Waals surface area contributed by atoms with Crippen LogP contribution in [0.1, 0.15) is 25.6 Å². The Kier molecular flexibility index (Phi) is 4.69. The number of nitrogens with zero attached hydrogens (tertiary/aromatic N) is 3. The molecule has 1 unspecified atom stereocenters. The lowest BCUT2D eigenvalue weighted by Crippen LogP contribution is -2.24. The number of aromatic nitrogens is 4. The number of nitrogens with two attached hydrogens (primary N) is 1. The summed E-state index contributed by atoms with van der Waals surface area (Å²) in [6, 6.07) is 0. The number of hydrogen-bond donors (Lipinski definition) is 3. The largest absolute Gasteiger partial charge is 0.349 e. The molecule has 7 heteroatoms. The van der Waals surface area contributed by atoms with Gasteiger partial charge >= 0.3 is 0 Å². The molecule has 84 valence electrons. The summed E-state index contributed by atoms with van der Waals surface area (Å²) in [6.07, 6.45) is 1.28. The average molecular weight is 212 g/mol. The van der Waals surface area contributed by atoms with E-state index in [-0.39, 0.29) is 5.91 Å². The lowest BCUT2D eigenvalue weighted by molar-refractivity contribution is -0.121. The Morgan fingerprint density at radius 2 is 2.47 bits per heavy atom. The summed E-state index contributed by atoms with van der Waals surface area (Å²) in [7, 11) is 0. The molecule has 0 saturated heterocycles. The lowest BCUT2D eigenvalue weighted by atomic mass is 10.1. The van der Waals surface area contributed by atoms with Gasteiger partial charge in [-0.05, 0) is 18.9 Å². The highest BCUT2D eigenvalue weighted by Crippen LogP contribution is 2.02. The zero-order valence-corrected chi connectivity index (χ0v) is 8.73. The molecule has 1 rings (SSSR count). The Bertz CT molecular complexity index is 285.